The number of rotatable bonds is 3. The van der Waals surface area contributed by atoms with E-state index in [1.54, 1.807) is 19.2 Å². The highest BCUT2D eigenvalue weighted by molar-refractivity contribution is 6.07. The van der Waals surface area contributed by atoms with Gasteiger partial charge in [0.25, 0.3) is 5.69 Å². The van der Waals surface area contributed by atoms with Gasteiger partial charge in [0.2, 0.25) is 5.91 Å². The molecule has 0 fully saturated rings. The number of hydrogen-bond donors (Lipinski definition) is 0. The Morgan fingerprint density at radius 2 is 2.11 bits per heavy atom. The van der Waals surface area contributed by atoms with E-state index in [1.165, 1.54) is 23.6 Å². The summed E-state index contributed by atoms with van der Waals surface area (Å²) in [6, 6.07) is 12.1. The molecule has 2 aromatic rings. The topological polar surface area (TPSA) is 85.0 Å². The Hall–Kier alpha value is -3.22. The molecular weight excluding hydrogens is 346 g/mol. The molecular formula is C20H19N3O4. The lowest BCUT2D eigenvalue weighted by molar-refractivity contribution is -0.385. The number of carbonyl (C=O) groups is 1. The molecule has 1 heterocycles. The van der Waals surface area contributed by atoms with Crippen molar-refractivity contribution in [3.63, 3.8) is 0 Å². The Bertz CT molecular complexity index is 969. The molecule has 0 unspecified atom stereocenters. The van der Waals surface area contributed by atoms with Crippen LogP contribution in [0, 0.1) is 16.0 Å². The second kappa shape index (κ2) is 6.50. The highest BCUT2D eigenvalue weighted by atomic mass is 16.6. The number of amides is 1. The maximum atomic E-state index is 12.3. The second-order valence-corrected chi connectivity index (χ2v) is 6.81. The first-order valence-electron chi connectivity index (χ1n) is 8.79. The van der Waals surface area contributed by atoms with Crippen LogP contribution >= 0.6 is 0 Å². The number of benzene rings is 2. The van der Waals surface area contributed by atoms with Crippen LogP contribution < -0.4 is 4.74 Å². The monoisotopic (exact) mass is 365 g/mol. The van der Waals surface area contributed by atoms with Gasteiger partial charge in [-0.05, 0) is 36.1 Å². The molecule has 0 spiro atoms. The maximum absolute atomic E-state index is 12.3. The van der Waals surface area contributed by atoms with Crippen molar-refractivity contribution in [2.75, 3.05) is 7.11 Å². The van der Waals surface area contributed by atoms with Gasteiger partial charge in [0.15, 0.2) is 0 Å². The summed E-state index contributed by atoms with van der Waals surface area (Å²) in [7, 11) is 1.62. The van der Waals surface area contributed by atoms with Crippen molar-refractivity contribution >= 4 is 17.3 Å². The van der Waals surface area contributed by atoms with E-state index in [0.717, 1.165) is 35.4 Å². The third kappa shape index (κ3) is 2.85. The summed E-state index contributed by atoms with van der Waals surface area (Å²) in [5.41, 5.74) is 3.76. The molecule has 0 saturated carbocycles. The minimum absolute atomic E-state index is 0.00416. The minimum atomic E-state index is -0.417. The van der Waals surface area contributed by atoms with E-state index in [1.807, 2.05) is 24.3 Å². The number of hydrogen-bond acceptors (Lipinski definition) is 5. The van der Waals surface area contributed by atoms with Gasteiger partial charge in [-0.25, -0.2) is 5.01 Å². The van der Waals surface area contributed by atoms with Crippen LogP contribution in [0.15, 0.2) is 47.6 Å². The molecule has 1 aliphatic heterocycles. The first-order chi connectivity index (χ1) is 13.0. The molecule has 7 heteroatoms. The molecule has 0 radical (unpaired) electrons. The number of non-ortho nitro benzene ring substituents is 1. The van der Waals surface area contributed by atoms with Gasteiger partial charge in [0.05, 0.1) is 23.8 Å². The molecule has 0 bridgehead atoms. The zero-order chi connectivity index (χ0) is 19.1. The van der Waals surface area contributed by atoms with Crippen molar-refractivity contribution in [2.24, 2.45) is 11.0 Å². The van der Waals surface area contributed by atoms with Gasteiger partial charge in [-0.15, -0.1) is 0 Å². The maximum Gasteiger partial charge on any atom is 0.269 e. The molecule has 7 nitrogen and oxygen atoms in total. The molecule has 0 aromatic heterocycles. The van der Waals surface area contributed by atoms with Gasteiger partial charge >= 0.3 is 0 Å². The first kappa shape index (κ1) is 17.2. The van der Waals surface area contributed by atoms with Gasteiger partial charge < -0.3 is 4.74 Å². The van der Waals surface area contributed by atoms with Gasteiger partial charge in [0, 0.05) is 30.5 Å². The summed E-state index contributed by atoms with van der Waals surface area (Å²) >= 11 is 0. The second-order valence-electron chi connectivity index (χ2n) is 6.81. The van der Waals surface area contributed by atoms with E-state index < -0.39 is 4.92 Å². The Kier molecular flexibility index (Phi) is 4.14. The Morgan fingerprint density at radius 3 is 2.81 bits per heavy atom. The summed E-state index contributed by atoms with van der Waals surface area (Å²) in [4.78, 5) is 23.1. The number of hydrazone groups is 1. The fraction of sp³-hybridized carbons (Fsp3) is 0.300. The van der Waals surface area contributed by atoms with Crippen molar-refractivity contribution in [1.29, 1.82) is 0 Å². The SMILES string of the molecule is COc1ccc2c(c1)C1=NN(C(C)=O)[C@H](c3cccc([N+](=O)[O-])c3)[C@H]1CC2. The highest BCUT2D eigenvalue weighted by Crippen LogP contribution is 2.44. The zero-order valence-electron chi connectivity index (χ0n) is 15.1. The number of carbonyl (C=O) groups excluding carboxylic acids is 1. The van der Waals surface area contributed by atoms with Crippen LogP contribution in [0.3, 0.4) is 0 Å². The van der Waals surface area contributed by atoms with Gasteiger partial charge in [-0.3, -0.25) is 14.9 Å². The largest absolute Gasteiger partial charge is 0.497 e. The normalized spacial score (nSPS) is 20.5. The van der Waals surface area contributed by atoms with Gasteiger partial charge in [-0.1, -0.05) is 18.2 Å². The molecule has 1 amide bonds. The van der Waals surface area contributed by atoms with Crippen molar-refractivity contribution in [1.82, 2.24) is 5.01 Å². The Labute approximate surface area is 156 Å². The number of fused-ring (bicyclic) bond motifs is 3. The fourth-order valence-electron chi connectivity index (χ4n) is 4.03. The van der Waals surface area contributed by atoms with E-state index in [9.17, 15) is 14.9 Å². The zero-order valence-corrected chi connectivity index (χ0v) is 15.1. The van der Waals surface area contributed by atoms with Crippen LogP contribution in [0.5, 0.6) is 5.75 Å². The number of nitro groups is 1. The summed E-state index contributed by atoms with van der Waals surface area (Å²) in [5.74, 6) is 0.554. The predicted octanol–water partition coefficient (Wildman–Crippen LogP) is 3.47. The van der Waals surface area contributed by atoms with E-state index in [0.29, 0.717) is 0 Å². The fourth-order valence-corrected chi connectivity index (χ4v) is 4.03. The molecule has 2 aliphatic rings. The number of aryl methyl sites for hydroxylation is 1. The van der Waals surface area contributed by atoms with Crippen LogP contribution in [-0.4, -0.2) is 28.7 Å². The summed E-state index contributed by atoms with van der Waals surface area (Å²) in [6.07, 6.45) is 1.69. The Balaban J connectivity index is 1.81. The third-order valence-electron chi connectivity index (χ3n) is 5.27. The van der Waals surface area contributed by atoms with Crippen molar-refractivity contribution in [3.8, 4) is 5.75 Å². The molecule has 2 aromatic carbocycles. The summed E-state index contributed by atoms with van der Waals surface area (Å²) in [6.45, 7) is 1.47. The quantitative estimate of drug-likeness (QED) is 0.616. The standard InChI is InChI=1S/C20H19N3O4/c1-12(24)22-20(14-4-3-5-15(10-14)23(25)26)17-9-7-13-6-8-16(27-2)11-18(13)19(17)21-22/h3-6,8,10-11,17,20H,7,9H2,1-2H3/t17-,20+/m0/s1. The van der Waals surface area contributed by atoms with E-state index >= 15 is 0 Å². The van der Waals surface area contributed by atoms with Crippen molar-refractivity contribution < 1.29 is 14.5 Å². The third-order valence-corrected chi connectivity index (χ3v) is 5.27. The Morgan fingerprint density at radius 1 is 1.30 bits per heavy atom. The molecule has 0 saturated heterocycles. The molecule has 4 rings (SSSR count). The lowest BCUT2D eigenvalue weighted by Crippen LogP contribution is -2.31. The number of nitrogens with zero attached hydrogens (tertiary/aromatic N) is 3. The number of methoxy groups -OCH3 is 1. The average molecular weight is 365 g/mol. The van der Waals surface area contributed by atoms with Crippen LogP contribution in [0.25, 0.3) is 0 Å². The van der Waals surface area contributed by atoms with E-state index in [2.05, 4.69) is 5.10 Å². The van der Waals surface area contributed by atoms with Crippen LogP contribution in [0.1, 0.15) is 36.1 Å². The highest BCUT2D eigenvalue weighted by Gasteiger charge is 2.43. The summed E-state index contributed by atoms with van der Waals surface area (Å²) < 4.78 is 5.35. The van der Waals surface area contributed by atoms with E-state index in [-0.39, 0.29) is 23.6 Å². The van der Waals surface area contributed by atoms with Crippen molar-refractivity contribution in [3.05, 3.63) is 69.3 Å². The molecule has 1 aliphatic carbocycles. The number of ether oxygens (including phenoxy) is 1. The lowest BCUT2D eigenvalue weighted by atomic mass is 9.77. The van der Waals surface area contributed by atoms with Crippen LogP contribution in [0.4, 0.5) is 5.69 Å². The van der Waals surface area contributed by atoms with Crippen LogP contribution in [0.2, 0.25) is 0 Å². The van der Waals surface area contributed by atoms with Crippen molar-refractivity contribution in [2.45, 2.75) is 25.8 Å². The molecule has 27 heavy (non-hydrogen) atoms. The van der Waals surface area contributed by atoms with Crippen LogP contribution in [-0.2, 0) is 11.2 Å². The molecule has 0 N–H and O–H groups in total. The summed E-state index contributed by atoms with van der Waals surface area (Å²) in [5, 5.41) is 17.3. The minimum Gasteiger partial charge on any atom is -0.497 e. The average Bonchev–Trinajstić information content (AvgIpc) is 3.08. The van der Waals surface area contributed by atoms with Gasteiger partial charge in [-0.2, -0.15) is 5.10 Å². The smallest absolute Gasteiger partial charge is 0.269 e. The molecule has 138 valence electrons. The van der Waals surface area contributed by atoms with E-state index in [4.69, 9.17) is 4.74 Å². The van der Waals surface area contributed by atoms with Gasteiger partial charge in [0.1, 0.15) is 5.75 Å². The predicted molar refractivity (Wildman–Crippen MR) is 99.7 cm³/mol. The molecule has 2 atom stereocenters. The lowest BCUT2D eigenvalue weighted by Gasteiger charge is -2.29. The number of nitro benzene ring substituents is 1. The first-order valence-corrected chi connectivity index (χ1v) is 8.79.